The Balaban J connectivity index is 1.32. The van der Waals surface area contributed by atoms with Crippen molar-refractivity contribution in [3.05, 3.63) is 29.1 Å². The van der Waals surface area contributed by atoms with Crippen LogP contribution in [-0.4, -0.2) is 88.2 Å². The first kappa shape index (κ1) is 30.7. The van der Waals surface area contributed by atoms with E-state index in [-0.39, 0.29) is 66.3 Å². The molecule has 47 heavy (non-hydrogen) atoms. The molecule has 252 valence electrons. The fourth-order valence-electron chi connectivity index (χ4n) is 8.45. The van der Waals surface area contributed by atoms with Crippen LogP contribution in [0.2, 0.25) is 0 Å². The summed E-state index contributed by atoms with van der Waals surface area (Å²) in [4.78, 5) is 17.5. The molecule has 7 heterocycles. The highest BCUT2D eigenvalue weighted by molar-refractivity contribution is 5.97. The molecule has 6 atom stereocenters. The summed E-state index contributed by atoms with van der Waals surface area (Å²) in [7, 11) is 0. The van der Waals surface area contributed by atoms with E-state index in [0.29, 0.717) is 13.0 Å². The maximum Gasteiger partial charge on any atom is 0.393 e. The Morgan fingerprint density at radius 3 is 2.70 bits per heavy atom. The molecule has 4 fully saturated rings. The van der Waals surface area contributed by atoms with Gasteiger partial charge in [-0.1, -0.05) is 0 Å². The Labute approximate surface area is 264 Å². The van der Waals surface area contributed by atoms with Crippen LogP contribution in [0.1, 0.15) is 44.6 Å². The third-order valence-corrected chi connectivity index (χ3v) is 10.4. The zero-order valence-corrected chi connectivity index (χ0v) is 25.3. The zero-order chi connectivity index (χ0) is 33.0. The molecule has 0 unspecified atom stereocenters. The number of nitrogens with one attached hydrogen (secondary N) is 1. The fraction of sp³-hybridized carbons (Fsp3) is 0.581. The number of hydrogen-bond acceptors (Lipinski definition) is 9. The molecule has 5 aliphatic rings. The van der Waals surface area contributed by atoms with Crippen LogP contribution in [0.15, 0.2) is 6.07 Å². The summed E-state index contributed by atoms with van der Waals surface area (Å²) in [5.74, 6) is -4.63. The van der Waals surface area contributed by atoms with Gasteiger partial charge < -0.3 is 25.4 Å². The van der Waals surface area contributed by atoms with Crippen LogP contribution >= 0.6 is 0 Å². The highest BCUT2D eigenvalue weighted by Crippen LogP contribution is 2.46. The summed E-state index contributed by atoms with van der Waals surface area (Å²) in [6, 6.07) is 0.351. The van der Waals surface area contributed by atoms with E-state index >= 15 is 8.78 Å². The molecule has 3 aromatic rings. The molecule has 5 aliphatic heterocycles. The summed E-state index contributed by atoms with van der Waals surface area (Å²) in [6.45, 7) is 3.36. The van der Waals surface area contributed by atoms with Crippen molar-refractivity contribution >= 4 is 22.4 Å². The number of nitrogens with two attached hydrogens (primary N) is 1. The lowest BCUT2D eigenvalue weighted by Gasteiger charge is -2.42. The average Bonchev–Trinajstić information content (AvgIpc) is 3.65. The summed E-state index contributed by atoms with van der Waals surface area (Å²) >= 11 is 0. The summed E-state index contributed by atoms with van der Waals surface area (Å²) in [5.41, 5.74) is 1.29. The van der Waals surface area contributed by atoms with Crippen LogP contribution in [0.4, 0.5) is 42.2 Å². The van der Waals surface area contributed by atoms with Gasteiger partial charge in [-0.15, -0.1) is 0 Å². The number of ether oxygens (including phenoxy) is 2. The van der Waals surface area contributed by atoms with Gasteiger partial charge in [0.15, 0.2) is 17.5 Å². The minimum atomic E-state index is -4.97. The molecule has 0 radical (unpaired) electrons. The van der Waals surface area contributed by atoms with Gasteiger partial charge >= 0.3 is 12.2 Å². The summed E-state index contributed by atoms with van der Waals surface area (Å²) in [5, 5.41) is 3.65. The van der Waals surface area contributed by atoms with Crippen molar-refractivity contribution in [2.75, 3.05) is 36.9 Å². The normalized spacial score (nSPS) is 30.0. The predicted molar refractivity (Wildman–Crippen MR) is 157 cm³/mol. The van der Waals surface area contributed by atoms with Crippen LogP contribution < -0.4 is 25.4 Å². The molecule has 1 aromatic carbocycles. The molecule has 0 amide bonds. The number of halogens is 7. The number of nitrogen functional groups attached to an aromatic ring is 1. The number of nitrogens with zero attached hydrogens (tertiary/aromatic N) is 5. The molecule has 3 N–H and O–H groups in total. The lowest BCUT2D eigenvalue weighted by molar-refractivity contribution is -0.127. The van der Waals surface area contributed by atoms with E-state index < -0.39 is 70.4 Å². The number of aromatic nitrogens is 3. The van der Waals surface area contributed by atoms with Crippen LogP contribution in [0.3, 0.4) is 0 Å². The molecular formula is C31H32F7N7O2. The van der Waals surface area contributed by atoms with Gasteiger partial charge in [0.1, 0.15) is 41.3 Å². The number of pyridine rings is 1. The molecule has 0 saturated carbocycles. The zero-order valence-electron chi connectivity index (χ0n) is 25.3. The second kappa shape index (κ2) is 10.7. The van der Waals surface area contributed by atoms with Crippen molar-refractivity contribution in [1.82, 2.24) is 25.2 Å². The second-order valence-electron chi connectivity index (χ2n) is 13.4. The summed E-state index contributed by atoms with van der Waals surface area (Å²) in [6.07, 6.45) is -4.86. The largest absolute Gasteiger partial charge is 0.472 e. The van der Waals surface area contributed by atoms with Gasteiger partial charge in [0, 0.05) is 42.7 Å². The average molecular weight is 668 g/mol. The maximum atomic E-state index is 16.8. The van der Waals surface area contributed by atoms with Crippen LogP contribution in [0.5, 0.6) is 11.9 Å². The van der Waals surface area contributed by atoms with Crippen LogP contribution in [0.25, 0.3) is 22.2 Å². The number of benzene rings is 1. The molecule has 9 nitrogen and oxygen atoms in total. The summed E-state index contributed by atoms with van der Waals surface area (Å²) < 4.78 is 114. The highest BCUT2D eigenvalue weighted by Gasteiger charge is 2.50. The van der Waals surface area contributed by atoms with E-state index in [9.17, 15) is 22.0 Å². The molecule has 2 aromatic heterocycles. The molecule has 2 bridgehead atoms. The predicted octanol–water partition coefficient (Wildman–Crippen LogP) is 4.84. The number of rotatable bonds is 5. The van der Waals surface area contributed by atoms with Crippen molar-refractivity contribution in [2.45, 2.75) is 87.6 Å². The Hall–Kier alpha value is -3.66. The minimum Gasteiger partial charge on any atom is -0.472 e. The van der Waals surface area contributed by atoms with E-state index in [0.717, 1.165) is 31.9 Å². The minimum absolute atomic E-state index is 0.00735. The molecule has 4 saturated heterocycles. The van der Waals surface area contributed by atoms with E-state index in [2.05, 4.69) is 15.3 Å². The van der Waals surface area contributed by atoms with Crippen molar-refractivity contribution < 1.29 is 40.2 Å². The van der Waals surface area contributed by atoms with Gasteiger partial charge in [-0.2, -0.15) is 23.1 Å². The monoisotopic (exact) mass is 667 g/mol. The Morgan fingerprint density at radius 2 is 1.91 bits per heavy atom. The standard InChI is InChI=1S/C31H32F7N7O2/c1-13-26-19-4-3-15(40-19)11-45(26)27-20-25(42-29(43-27)46-12-30-5-2-6-44(30)10-14(32)8-30)23(35)24(41-28(20)47-13)16-7-18(39)22(34)21(33)17(16)9-31(36,37)38/h7,13-15,19,26,40H,2-6,8-12,39H2,1H3/t13-,14+,15+,19-,26+,30-/m0/s1. The maximum absolute atomic E-state index is 16.8. The van der Waals surface area contributed by atoms with E-state index in [1.54, 1.807) is 6.92 Å². The highest BCUT2D eigenvalue weighted by atomic mass is 19.4. The van der Waals surface area contributed by atoms with Crippen molar-refractivity contribution in [1.29, 1.82) is 0 Å². The SMILES string of the molecule is C[C@@H]1Oc2nc(-c3cc(N)c(F)c(F)c3CC(F)(F)F)c(F)c3nc(OC[C@@]45CCCN4C[C@H](F)C5)nc(c23)N2C[C@H]3CC[C@H](N3)[C@@H]12. The second-order valence-corrected chi connectivity index (χ2v) is 13.4. The van der Waals surface area contributed by atoms with Crippen molar-refractivity contribution in [3.8, 4) is 23.1 Å². The topological polar surface area (TPSA) is 102 Å². The van der Waals surface area contributed by atoms with Gasteiger partial charge in [0.05, 0.1) is 23.7 Å². The van der Waals surface area contributed by atoms with Crippen molar-refractivity contribution in [3.63, 3.8) is 0 Å². The number of fused-ring (bicyclic) bond motifs is 6. The first-order valence-corrected chi connectivity index (χ1v) is 15.8. The number of alkyl halides is 4. The number of piperazine rings is 1. The Bertz CT molecular complexity index is 1780. The number of anilines is 2. The van der Waals surface area contributed by atoms with E-state index in [1.165, 1.54) is 0 Å². The van der Waals surface area contributed by atoms with Crippen molar-refractivity contribution in [2.24, 2.45) is 0 Å². The molecule has 8 rings (SSSR count). The lowest BCUT2D eigenvalue weighted by atomic mass is 9.95. The van der Waals surface area contributed by atoms with Gasteiger partial charge in [-0.25, -0.2) is 22.5 Å². The van der Waals surface area contributed by atoms with Gasteiger partial charge in [-0.3, -0.25) is 4.90 Å². The Kier molecular flexibility index (Phi) is 6.96. The Morgan fingerprint density at radius 1 is 1.11 bits per heavy atom. The number of hydrogen-bond donors (Lipinski definition) is 2. The molecular weight excluding hydrogens is 635 g/mol. The van der Waals surface area contributed by atoms with E-state index in [4.69, 9.17) is 20.2 Å². The smallest absolute Gasteiger partial charge is 0.393 e. The first-order valence-electron chi connectivity index (χ1n) is 15.8. The molecule has 0 aliphatic carbocycles. The third-order valence-electron chi connectivity index (χ3n) is 10.4. The van der Waals surface area contributed by atoms with Gasteiger partial charge in [0.25, 0.3) is 0 Å². The third kappa shape index (κ3) is 4.92. The molecule has 0 spiro atoms. The van der Waals surface area contributed by atoms with Crippen LogP contribution in [-0.2, 0) is 6.42 Å². The van der Waals surface area contributed by atoms with E-state index in [1.807, 2.05) is 9.80 Å². The fourth-order valence-corrected chi connectivity index (χ4v) is 8.45. The van der Waals surface area contributed by atoms with Gasteiger partial charge in [0.2, 0.25) is 5.88 Å². The lowest BCUT2D eigenvalue weighted by Crippen LogP contribution is -2.62. The first-order chi connectivity index (χ1) is 22.3. The quantitative estimate of drug-likeness (QED) is 0.293. The van der Waals surface area contributed by atoms with Gasteiger partial charge in [-0.05, 0) is 45.2 Å². The molecule has 16 heteroatoms. The van der Waals surface area contributed by atoms with Crippen LogP contribution in [0, 0.1) is 17.5 Å².